The Morgan fingerprint density at radius 2 is 1.73 bits per heavy atom. The third-order valence-electron chi connectivity index (χ3n) is 4.67. The van der Waals surface area contributed by atoms with Crippen LogP contribution in [0.4, 0.5) is 0 Å². The number of nitrogens with zero attached hydrogens (tertiary/aromatic N) is 2. The minimum Gasteiger partial charge on any atom is -0.341 e. The van der Waals surface area contributed by atoms with Crippen molar-refractivity contribution in [3.8, 4) is 0 Å². The van der Waals surface area contributed by atoms with Crippen LogP contribution in [0.15, 0.2) is 35.9 Å². The molecule has 1 aliphatic heterocycles. The zero-order chi connectivity index (χ0) is 19.1. The molecule has 1 aromatic rings. The molecule has 5 nitrogen and oxygen atoms in total. The van der Waals surface area contributed by atoms with Crippen LogP contribution in [0.3, 0.4) is 0 Å². The molecule has 1 N–H and O–H groups in total. The van der Waals surface area contributed by atoms with E-state index < -0.39 is 6.04 Å². The van der Waals surface area contributed by atoms with E-state index in [9.17, 15) is 9.59 Å². The topological polar surface area (TPSA) is 52.7 Å². The lowest BCUT2D eigenvalue weighted by Crippen LogP contribution is -2.54. The summed E-state index contributed by atoms with van der Waals surface area (Å²) in [6.45, 7) is 9.13. The van der Waals surface area contributed by atoms with Crippen LogP contribution in [0.25, 0.3) is 6.08 Å². The zero-order valence-electron chi connectivity index (χ0n) is 16.4. The first-order valence-electron chi connectivity index (χ1n) is 9.38. The van der Waals surface area contributed by atoms with Crippen LogP contribution in [-0.4, -0.2) is 60.9 Å². The Balaban J connectivity index is 2.05. The summed E-state index contributed by atoms with van der Waals surface area (Å²) >= 11 is 0. The van der Waals surface area contributed by atoms with E-state index in [1.54, 1.807) is 6.92 Å². The molecule has 1 saturated heterocycles. The fourth-order valence-electron chi connectivity index (χ4n) is 3.08. The van der Waals surface area contributed by atoms with Gasteiger partial charge in [0.1, 0.15) is 6.04 Å². The molecular weight excluding hydrogens is 326 g/mol. The lowest BCUT2D eigenvalue weighted by atomic mass is 10.0. The van der Waals surface area contributed by atoms with Gasteiger partial charge in [0.2, 0.25) is 11.8 Å². The molecule has 1 aromatic carbocycles. The van der Waals surface area contributed by atoms with Gasteiger partial charge in [0.25, 0.3) is 0 Å². The van der Waals surface area contributed by atoms with Crippen LogP contribution in [0, 0.1) is 5.92 Å². The summed E-state index contributed by atoms with van der Waals surface area (Å²) in [5.74, 6) is 0.185. The minimum absolute atomic E-state index is 0.0349. The normalized spacial score (nSPS) is 17.3. The van der Waals surface area contributed by atoms with Crippen molar-refractivity contribution < 1.29 is 9.59 Å². The van der Waals surface area contributed by atoms with Gasteiger partial charge in [0.05, 0.1) is 0 Å². The van der Waals surface area contributed by atoms with E-state index in [1.807, 2.05) is 41.3 Å². The average molecular weight is 357 g/mol. The van der Waals surface area contributed by atoms with Gasteiger partial charge in [0, 0.05) is 31.8 Å². The van der Waals surface area contributed by atoms with Gasteiger partial charge >= 0.3 is 0 Å². The van der Waals surface area contributed by atoms with Crippen molar-refractivity contribution in [1.82, 2.24) is 15.1 Å². The number of benzene rings is 1. The van der Waals surface area contributed by atoms with Gasteiger partial charge in [0.15, 0.2) is 0 Å². The van der Waals surface area contributed by atoms with E-state index in [4.69, 9.17) is 0 Å². The van der Waals surface area contributed by atoms with Gasteiger partial charge in [-0.25, -0.2) is 0 Å². The van der Waals surface area contributed by atoms with E-state index in [-0.39, 0.29) is 11.8 Å². The van der Waals surface area contributed by atoms with Crippen molar-refractivity contribution in [3.05, 3.63) is 41.5 Å². The van der Waals surface area contributed by atoms with E-state index in [2.05, 4.69) is 31.1 Å². The van der Waals surface area contributed by atoms with Crippen molar-refractivity contribution in [1.29, 1.82) is 0 Å². The SMILES string of the molecule is C/C(=C\c1ccccc1)C(=O)N[C@H](CC(C)C)C(=O)N1CCN(C)CC1. The van der Waals surface area contributed by atoms with Crippen molar-refractivity contribution in [3.63, 3.8) is 0 Å². The molecule has 1 aliphatic rings. The Bertz CT molecular complexity index is 632. The zero-order valence-corrected chi connectivity index (χ0v) is 16.4. The number of hydrogen-bond acceptors (Lipinski definition) is 3. The van der Waals surface area contributed by atoms with Crippen LogP contribution in [0.5, 0.6) is 0 Å². The average Bonchev–Trinajstić information content (AvgIpc) is 2.61. The van der Waals surface area contributed by atoms with Gasteiger partial charge in [-0.05, 0) is 37.9 Å². The first kappa shape index (κ1) is 20.2. The molecule has 2 rings (SSSR count). The monoisotopic (exact) mass is 357 g/mol. The molecule has 2 amide bonds. The Kier molecular flexibility index (Phi) is 7.39. The quantitative estimate of drug-likeness (QED) is 0.796. The molecule has 0 unspecified atom stereocenters. The lowest BCUT2D eigenvalue weighted by Gasteiger charge is -2.35. The second kappa shape index (κ2) is 9.53. The predicted octanol–water partition coefficient (Wildman–Crippen LogP) is 2.39. The number of carbonyl (C=O) groups excluding carboxylic acids is 2. The highest BCUT2D eigenvalue weighted by Crippen LogP contribution is 2.12. The van der Waals surface area contributed by atoms with Gasteiger partial charge < -0.3 is 15.1 Å². The number of piperazine rings is 1. The van der Waals surface area contributed by atoms with E-state index in [1.165, 1.54) is 0 Å². The summed E-state index contributed by atoms with van der Waals surface area (Å²) in [5, 5.41) is 2.96. The fraction of sp³-hybridized carbons (Fsp3) is 0.524. The highest BCUT2D eigenvalue weighted by molar-refractivity contribution is 5.99. The lowest BCUT2D eigenvalue weighted by molar-refractivity contribution is -0.137. The summed E-state index contributed by atoms with van der Waals surface area (Å²) in [4.78, 5) is 29.6. The highest BCUT2D eigenvalue weighted by Gasteiger charge is 2.28. The minimum atomic E-state index is -0.468. The fourth-order valence-corrected chi connectivity index (χ4v) is 3.08. The maximum absolute atomic E-state index is 12.9. The molecule has 0 aromatic heterocycles. The van der Waals surface area contributed by atoms with Crippen molar-refractivity contribution in [2.24, 2.45) is 5.92 Å². The summed E-state index contributed by atoms with van der Waals surface area (Å²) in [6.07, 6.45) is 2.50. The second-order valence-electron chi connectivity index (χ2n) is 7.52. The Morgan fingerprint density at radius 1 is 1.12 bits per heavy atom. The highest BCUT2D eigenvalue weighted by atomic mass is 16.2. The van der Waals surface area contributed by atoms with Crippen LogP contribution >= 0.6 is 0 Å². The number of nitrogens with one attached hydrogen (secondary N) is 1. The largest absolute Gasteiger partial charge is 0.341 e. The Morgan fingerprint density at radius 3 is 2.31 bits per heavy atom. The number of rotatable bonds is 6. The third-order valence-corrected chi connectivity index (χ3v) is 4.67. The summed E-state index contributed by atoms with van der Waals surface area (Å²) in [7, 11) is 2.06. The van der Waals surface area contributed by atoms with Gasteiger partial charge in [-0.15, -0.1) is 0 Å². The Hall–Kier alpha value is -2.14. The molecule has 1 fully saturated rings. The maximum Gasteiger partial charge on any atom is 0.247 e. The van der Waals surface area contributed by atoms with E-state index in [0.717, 1.165) is 31.7 Å². The standard InChI is InChI=1S/C21H31N3O2/c1-16(2)14-19(21(26)24-12-10-23(4)11-13-24)22-20(25)17(3)15-18-8-6-5-7-9-18/h5-9,15-16,19H,10-14H2,1-4H3,(H,22,25)/b17-15+/t19-/m1/s1. The predicted molar refractivity (Wildman–Crippen MR) is 106 cm³/mol. The van der Waals surface area contributed by atoms with Crippen LogP contribution in [-0.2, 0) is 9.59 Å². The molecule has 0 bridgehead atoms. The smallest absolute Gasteiger partial charge is 0.247 e. The molecule has 5 heteroatoms. The molecule has 0 radical (unpaired) electrons. The number of likely N-dealkylation sites (N-methyl/N-ethyl adjacent to an activating group) is 1. The molecule has 142 valence electrons. The van der Waals surface area contributed by atoms with Crippen molar-refractivity contribution >= 4 is 17.9 Å². The Labute approximate surface area is 157 Å². The van der Waals surface area contributed by atoms with Crippen LogP contribution < -0.4 is 5.32 Å². The summed E-state index contributed by atoms with van der Waals surface area (Å²) < 4.78 is 0. The first-order chi connectivity index (χ1) is 12.4. The number of hydrogen-bond donors (Lipinski definition) is 1. The third kappa shape index (κ3) is 5.99. The van der Waals surface area contributed by atoms with E-state index >= 15 is 0 Å². The maximum atomic E-state index is 12.9. The van der Waals surface area contributed by atoms with E-state index in [0.29, 0.717) is 17.9 Å². The number of carbonyl (C=O) groups is 2. The van der Waals surface area contributed by atoms with Gasteiger partial charge in [-0.2, -0.15) is 0 Å². The molecule has 0 saturated carbocycles. The molecule has 0 aliphatic carbocycles. The van der Waals surface area contributed by atoms with Gasteiger partial charge in [-0.1, -0.05) is 44.2 Å². The molecule has 1 atom stereocenters. The van der Waals surface area contributed by atoms with Gasteiger partial charge in [-0.3, -0.25) is 9.59 Å². The van der Waals surface area contributed by atoms with Crippen LogP contribution in [0.2, 0.25) is 0 Å². The number of amides is 2. The summed E-state index contributed by atoms with van der Waals surface area (Å²) in [6, 6.07) is 9.27. The molecule has 1 heterocycles. The van der Waals surface area contributed by atoms with Crippen molar-refractivity contribution in [2.45, 2.75) is 33.2 Å². The van der Waals surface area contributed by atoms with Crippen molar-refractivity contribution in [2.75, 3.05) is 33.2 Å². The molecule has 26 heavy (non-hydrogen) atoms. The first-order valence-corrected chi connectivity index (χ1v) is 9.38. The molecular formula is C21H31N3O2. The van der Waals surface area contributed by atoms with Crippen LogP contribution in [0.1, 0.15) is 32.8 Å². The second-order valence-corrected chi connectivity index (χ2v) is 7.52. The molecule has 0 spiro atoms. The summed E-state index contributed by atoms with van der Waals surface area (Å²) in [5.41, 5.74) is 1.59.